The molecule has 5 nitrogen and oxygen atoms in total. The summed E-state index contributed by atoms with van der Waals surface area (Å²) in [6.07, 6.45) is 2.83. The molecule has 0 aliphatic heterocycles. The molecular formula is C9H16ClN3O2. The van der Waals surface area contributed by atoms with Gasteiger partial charge >= 0.3 is 6.01 Å². The molecule has 0 aliphatic carbocycles. The van der Waals surface area contributed by atoms with Crippen LogP contribution in [0.15, 0.2) is 4.42 Å². The Morgan fingerprint density at radius 3 is 2.73 bits per heavy atom. The summed E-state index contributed by atoms with van der Waals surface area (Å²) in [5.74, 6) is 0.680. The molecule has 0 unspecified atom stereocenters. The maximum atomic E-state index is 8.61. The number of rotatable bonds is 7. The third kappa shape index (κ3) is 4.05. The zero-order valence-electron chi connectivity index (χ0n) is 8.82. The molecule has 1 heterocycles. The zero-order chi connectivity index (χ0) is 11.1. The lowest BCUT2D eigenvalue weighted by Gasteiger charge is -2.12. The molecule has 0 saturated heterocycles. The van der Waals surface area contributed by atoms with Crippen molar-refractivity contribution in [3.63, 3.8) is 0 Å². The van der Waals surface area contributed by atoms with Crippen LogP contribution in [0.4, 0.5) is 6.01 Å². The molecular weight excluding hydrogens is 218 g/mol. The highest BCUT2D eigenvalue weighted by Gasteiger charge is 2.09. The van der Waals surface area contributed by atoms with E-state index >= 15 is 0 Å². The minimum atomic E-state index is 0.241. The molecule has 0 amide bonds. The molecule has 1 aromatic heterocycles. The number of anilines is 1. The van der Waals surface area contributed by atoms with Crippen molar-refractivity contribution in [3.05, 3.63) is 5.89 Å². The summed E-state index contributed by atoms with van der Waals surface area (Å²) in [4.78, 5) is 1.89. The Hall–Kier alpha value is -0.810. The predicted molar refractivity (Wildman–Crippen MR) is 58.1 cm³/mol. The lowest BCUT2D eigenvalue weighted by Crippen LogP contribution is -2.18. The van der Waals surface area contributed by atoms with Crippen LogP contribution in [0.1, 0.15) is 25.2 Å². The third-order valence-electron chi connectivity index (χ3n) is 2.05. The molecule has 15 heavy (non-hydrogen) atoms. The topological polar surface area (TPSA) is 62.4 Å². The van der Waals surface area contributed by atoms with E-state index in [0.29, 0.717) is 11.9 Å². The molecule has 0 radical (unpaired) electrons. The number of hydrogen-bond acceptors (Lipinski definition) is 5. The summed E-state index contributed by atoms with van der Waals surface area (Å²) in [7, 11) is 1.89. The van der Waals surface area contributed by atoms with Gasteiger partial charge in [0.05, 0.1) is 0 Å². The maximum absolute atomic E-state index is 8.61. The number of halogens is 1. The lowest BCUT2D eigenvalue weighted by molar-refractivity contribution is 0.283. The number of aliphatic hydroxyl groups excluding tert-OH is 1. The average Bonchev–Trinajstić information content (AvgIpc) is 2.72. The van der Waals surface area contributed by atoms with Crippen LogP contribution in [0, 0.1) is 0 Å². The van der Waals surface area contributed by atoms with Gasteiger partial charge in [-0.15, -0.1) is 16.7 Å². The molecule has 0 fully saturated rings. The van der Waals surface area contributed by atoms with Gasteiger partial charge in [-0.25, -0.2) is 0 Å². The molecule has 0 atom stereocenters. The molecule has 1 N–H and O–H groups in total. The minimum Gasteiger partial charge on any atom is -0.407 e. The van der Waals surface area contributed by atoms with Crippen LogP contribution in [0.5, 0.6) is 0 Å². The lowest BCUT2D eigenvalue weighted by atomic mass is 10.2. The predicted octanol–water partition coefficient (Wildman–Crippen LogP) is 1.41. The van der Waals surface area contributed by atoms with E-state index in [0.717, 1.165) is 25.8 Å². The number of aliphatic hydroxyl groups is 1. The third-order valence-corrected chi connectivity index (χ3v) is 2.28. The number of alkyl halides is 1. The van der Waals surface area contributed by atoms with E-state index in [9.17, 15) is 0 Å². The molecule has 86 valence electrons. The average molecular weight is 234 g/mol. The summed E-state index contributed by atoms with van der Waals surface area (Å²) in [6, 6.07) is 0.495. The summed E-state index contributed by atoms with van der Waals surface area (Å²) in [5, 5.41) is 16.2. The maximum Gasteiger partial charge on any atom is 0.317 e. The van der Waals surface area contributed by atoms with Gasteiger partial charge in [-0.1, -0.05) is 5.10 Å². The zero-order valence-corrected chi connectivity index (χ0v) is 9.57. The number of unbranched alkanes of at least 4 members (excludes halogenated alkanes) is 2. The van der Waals surface area contributed by atoms with E-state index in [1.54, 1.807) is 0 Å². The van der Waals surface area contributed by atoms with Gasteiger partial charge in [0.2, 0.25) is 5.89 Å². The van der Waals surface area contributed by atoms with Gasteiger partial charge in [0.25, 0.3) is 0 Å². The van der Waals surface area contributed by atoms with E-state index in [1.807, 2.05) is 11.9 Å². The van der Waals surface area contributed by atoms with Crippen molar-refractivity contribution in [1.29, 1.82) is 0 Å². The van der Waals surface area contributed by atoms with Crippen molar-refractivity contribution in [3.8, 4) is 0 Å². The molecule has 0 spiro atoms. The molecule has 6 heteroatoms. The van der Waals surface area contributed by atoms with Gasteiger partial charge < -0.3 is 14.4 Å². The van der Waals surface area contributed by atoms with Crippen molar-refractivity contribution >= 4 is 17.6 Å². The van der Waals surface area contributed by atoms with Crippen molar-refractivity contribution in [1.82, 2.24) is 10.2 Å². The first-order valence-electron chi connectivity index (χ1n) is 4.98. The molecule has 0 saturated carbocycles. The number of aromatic nitrogens is 2. The first-order chi connectivity index (χ1) is 7.27. The van der Waals surface area contributed by atoms with Crippen LogP contribution in [-0.4, -0.2) is 35.5 Å². The Labute approximate surface area is 94.0 Å². The molecule has 1 aromatic rings. The van der Waals surface area contributed by atoms with E-state index in [2.05, 4.69) is 10.2 Å². The fourth-order valence-electron chi connectivity index (χ4n) is 1.19. The van der Waals surface area contributed by atoms with E-state index in [-0.39, 0.29) is 12.5 Å². The fraction of sp³-hybridized carbons (Fsp3) is 0.778. The quantitative estimate of drug-likeness (QED) is 0.570. The monoisotopic (exact) mass is 233 g/mol. The standard InChI is InChI=1S/C9H16ClN3O2/c1-13(5-3-2-4-6-14)9-12-11-8(7-10)15-9/h14H,2-7H2,1H3. The smallest absolute Gasteiger partial charge is 0.317 e. The number of hydrogen-bond donors (Lipinski definition) is 1. The second-order valence-corrected chi connectivity index (χ2v) is 3.59. The van der Waals surface area contributed by atoms with E-state index in [1.165, 1.54) is 0 Å². The van der Waals surface area contributed by atoms with Crippen molar-refractivity contribution in [2.24, 2.45) is 0 Å². The Morgan fingerprint density at radius 1 is 1.33 bits per heavy atom. The summed E-state index contributed by atoms with van der Waals surface area (Å²) in [5.41, 5.74) is 0. The number of nitrogens with zero attached hydrogens (tertiary/aromatic N) is 3. The van der Waals surface area contributed by atoms with E-state index in [4.69, 9.17) is 21.1 Å². The highest BCUT2D eigenvalue weighted by atomic mass is 35.5. The SMILES string of the molecule is CN(CCCCCO)c1nnc(CCl)o1. The van der Waals surface area contributed by atoms with Crippen molar-refractivity contribution in [2.75, 3.05) is 25.1 Å². The van der Waals surface area contributed by atoms with Gasteiger partial charge in [0, 0.05) is 20.2 Å². The normalized spacial score (nSPS) is 10.6. The van der Waals surface area contributed by atoms with Gasteiger partial charge in [0.15, 0.2) is 0 Å². The largest absolute Gasteiger partial charge is 0.407 e. The van der Waals surface area contributed by atoms with Crippen molar-refractivity contribution < 1.29 is 9.52 Å². The first-order valence-corrected chi connectivity index (χ1v) is 5.51. The molecule has 1 rings (SSSR count). The van der Waals surface area contributed by atoms with Crippen LogP contribution in [0.3, 0.4) is 0 Å². The summed E-state index contributed by atoms with van der Waals surface area (Å²) in [6.45, 7) is 1.09. The van der Waals surface area contributed by atoms with Crippen LogP contribution in [0.2, 0.25) is 0 Å². The van der Waals surface area contributed by atoms with Crippen molar-refractivity contribution in [2.45, 2.75) is 25.1 Å². The van der Waals surface area contributed by atoms with Crippen LogP contribution < -0.4 is 4.90 Å². The molecule has 0 bridgehead atoms. The Morgan fingerprint density at radius 2 is 2.13 bits per heavy atom. The molecule has 0 aliphatic rings. The van der Waals surface area contributed by atoms with Crippen LogP contribution in [0.25, 0.3) is 0 Å². The second kappa shape index (κ2) is 6.63. The Kier molecular flexibility index (Phi) is 5.42. The van der Waals surface area contributed by atoms with Gasteiger partial charge in [-0.05, 0) is 19.3 Å². The van der Waals surface area contributed by atoms with Crippen LogP contribution in [-0.2, 0) is 5.88 Å². The fourth-order valence-corrected chi connectivity index (χ4v) is 1.29. The Bertz CT molecular complexity index is 280. The van der Waals surface area contributed by atoms with Gasteiger partial charge in [0.1, 0.15) is 5.88 Å². The summed E-state index contributed by atoms with van der Waals surface area (Å²) >= 11 is 5.55. The van der Waals surface area contributed by atoms with Crippen LogP contribution >= 0.6 is 11.6 Å². The molecule has 0 aromatic carbocycles. The van der Waals surface area contributed by atoms with Gasteiger partial charge in [-0.3, -0.25) is 0 Å². The van der Waals surface area contributed by atoms with Gasteiger partial charge in [-0.2, -0.15) is 0 Å². The highest BCUT2D eigenvalue weighted by Crippen LogP contribution is 2.12. The minimum absolute atomic E-state index is 0.241. The highest BCUT2D eigenvalue weighted by molar-refractivity contribution is 6.16. The Balaban J connectivity index is 2.29. The van der Waals surface area contributed by atoms with E-state index < -0.39 is 0 Å². The summed E-state index contributed by atoms with van der Waals surface area (Å²) < 4.78 is 5.27. The first kappa shape index (κ1) is 12.3. The second-order valence-electron chi connectivity index (χ2n) is 3.32.